The lowest BCUT2D eigenvalue weighted by Gasteiger charge is -2.16. The van der Waals surface area contributed by atoms with Crippen molar-refractivity contribution in [2.24, 2.45) is 5.10 Å². The first-order chi connectivity index (χ1) is 13.2. The zero-order valence-corrected chi connectivity index (χ0v) is 14.0. The summed E-state index contributed by atoms with van der Waals surface area (Å²) in [5.41, 5.74) is 4.48. The number of nitrogens with one attached hydrogen (secondary N) is 1. The van der Waals surface area contributed by atoms with Crippen molar-refractivity contribution in [1.29, 1.82) is 0 Å². The Hall–Kier alpha value is -2.99. The Bertz CT molecular complexity index is 948. The Morgan fingerprint density at radius 2 is 2.00 bits per heavy atom. The molecule has 0 saturated carbocycles. The number of hydrazone groups is 1. The molecule has 4 rings (SSSR count). The molecule has 1 fully saturated rings. The Morgan fingerprint density at radius 1 is 1.19 bits per heavy atom. The number of hydrogen-bond donors (Lipinski definition) is 4. The van der Waals surface area contributed by atoms with Crippen molar-refractivity contribution < 1.29 is 20.1 Å². The van der Waals surface area contributed by atoms with E-state index in [2.05, 4.69) is 30.5 Å². The van der Waals surface area contributed by atoms with Gasteiger partial charge < -0.3 is 20.1 Å². The fourth-order valence-corrected chi connectivity index (χ4v) is 2.85. The van der Waals surface area contributed by atoms with Gasteiger partial charge in [-0.3, -0.25) is 15.0 Å². The second-order valence-corrected chi connectivity index (χ2v) is 5.93. The van der Waals surface area contributed by atoms with Gasteiger partial charge in [-0.25, -0.2) is 15.0 Å². The maximum absolute atomic E-state index is 10.2. The van der Waals surface area contributed by atoms with Gasteiger partial charge >= 0.3 is 0 Å². The van der Waals surface area contributed by atoms with Gasteiger partial charge in [0.25, 0.3) is 0 Å². The van der Waals surface area contributed by atoms with E-state index in [0.717, 1.165) is 5.56 Å². The molecule has 11 heteroatoms. The highest BCUT2D eigenvalue weighted by atomic mass is 16.6. The van der Waals surface area contributed by atoms with Crippen molar-refractivity contribution in [1.82, 2.24) is 24.5 Å². The molecular formula is C16H17N7O4. The minimum Gasteiger partial charge on any atom is -0.394 e. The number of ether oxygens (including phenoxy) is 1. The monoisotopic (exact) mass is 371 g/mol. The van der Waals surface area contributed by atoms with Gasteiger partial charge in [-0.1, -0.05) is 0 Å². The molecule has 3 aromatic heterocycles. The van der Waals surface area contributed by atoms with Crippen LogP contribution in [0.25, 0.3) is 11.2 Å². The van der Waals surface area contributed by atoms with Gasteiger partial charge in [0.15, 0.2) is 23.2 Å². The van der Waals surface area contributed by atoms with Gasteiger partial charge in [0.1, 0.15) is 24.6 Å². The average molecular weight is 371 g/mol. The van der Waals surface area contributed by atoms with E-state index in [-0.39, 0.29) is 0 Å². The molecule has 4 atom stereocenters. The Morgan fingerprint density at radius 3 is 2.74 bits per heavy atom. The number of aliphatic hydroxyl groups excluding tert-OH is 3. The third kappa shape index (κ3) is 3.24. The Labute approximate surface area is 153 Å². The summed E-state index contributed by atoms with van der Waals surface area (Å²) in [6, 6.07) is 3.61. The van der Waals surface area contributed by atoms with E-state index in [4.69, 9.17) is 4.74 Å². The number of anilines is 1. The van der Waals surface area contributed by atoms with Crippen LogP contribution < -0.4 is 5.43 Å². The third-order valence-corrected chi connectivity index (χ3v) is 4.24. The van der Waals surface area contributed by atoms with Crippen LogP contribution in [-0.2, 0) is 4.74 Å². The normalized spacial score (nSPS) is 25.4. The van der Waals surface area contributed by atoms with Crippen molar-refractivity contribution in [2.45, 2.75) is 24.5 Å². The number of fused-ring (bicyclic) bond motifs is 1. The van der Waals surface area contributed by atoms with Crippen LogP contribution in [0.2, 0.25) is 0 Å². The van der Waals surface area contributed by atoms with Gasteiger partial charge in [-0.2, -0.15) is 5.10 Å². The molecule has 0 radical (unpaired) electrons. The highest BCUT2D eigenvalue weighted by Crippen LogP contribution is 2.31. The van der Waals surface area contributed by atoms with Crippen molar-refractivity contribution in [3.63, 3.8) is 0 Å². The van der Waals surface area contributed by atoms with Crippen molar-refractivity contribution in [3.05, 3.63) is 42.7 Å². The van der Waals surface area contributed by atoms with Crippen molar-refractivity contribution in [2.75, 3.05) is 12.0 Å². The summed E-state index contributed by atoms with van der Waals surface area (Å²) in [6.07, 6.45) is 3.44. The topological polar surface area (TPSA) is 151 Å². The Kier molecular flexibility index (Phi) is 4.73. The van der Waals surface area contributed by atoms with Crippen LogP contribution >= 0.6 is 0 Å². The molecule has 0 amide bonds. The molecule has 1 aliphatic rings. The number of hydrogen-bond acceptors (Lipinski definition) is 10. The van der Waals surface area contributed by atoms with Crippen LogP contribution in [0.1, 0.15) is 11.8 Å². The first-order valence-corrected chi connectivity index (χ1v) is 8.18. The number of aromatic nitrogens is 5. The van der Waals surface area contributed by atoms with Gasteiger partial charge in [0.05, 0.1) is 19.1 Å². The van der Waals surface area contributed by atoms with E-state index in [0.29, 0.717) is 17.0 Å². The summed E-state index contributed by atoms with van der Waals surface area (Å²) in [7, 11) is 0. The highest BCUT2D eigenvalue weighted by molar-refractivity contribution is 5.84. The van der Waals surface area contributed by atoms with Crippen molar-refractivity contribution >= 4 is 23.2 Å². The van der Waals surface area contributed by atoms with Crippen LogP contribution in [0.5, 0.6) is 0 Å². The molecule has 140 valence electrons. The molecule has 0 unspecified atom stereocenters. The Balaban J connectivity index is 1.60. The zero-order valence-electron chi connectivity index (χ0n) is 14.0. The minimum atomic E-state index is -1.23. The molecule has 4 heterocycles. The SMILES string of the molecule is OC[C@H]1O[C@@H](n2cnc3c(N/N=C/c4ccncc4)ncnc32)[C@H](O)[C@@H]1O. The summed E-state index contributed by atoms with van der Waals surface area (Å²) in [6.45, 7) is -0.410. The summed E-state index contributed by atoms with van der Waals surface area (Å²) in [5.74, 6) is 0.371. The lowest BCUT2D eigenvalue weighted by atomic mass is 10.1. The lowest BCUT2D eigenvalue weighted by Crippen LogP contribution is -2.33. The van der Waals surface area contributed by atoms with Crippen LogP contribution in [0.4, 0.5) is 5.82 Å². The maximum atomic E-state index is 10.2. The van der Waals surface area contributed by atoms with Crippen molar-refractivity contribution in [3.8, 4) is 0 Å². The van der Waals surface area contributed by atoms with E-state index in [9.17, 15) is 15.3 Å². The fourth-order valence-electron chi connectivity index (χ4n) is 2.85. The van der Waals surface area contributed by atoms with Crippen LogP contribution in [0.15, 0.2) is 42.3 Å². The van der Waals surface area contributed by atoms with Crippen LogP contribution in [0.3, 0.4) is 0 Å². The number of aliphatic hydroxyl groups is 3. The molecule has 1 saturated heterocycles. The zero-order chi connectivity index (χ0) is 18.8. The van der Waals surface area contributed by atoms with E-state index in [1.165, 1.54) is 17.2 Å². The molecule has 0 aromatic carbocycles. The van der Waals surface area contributed by atoms with Gasteiger partial charge in [-0.05, 0) is 17.7 Å². The molecule has 1 aliphatic heterocycles. The molecule has 4 N–H and O–H groups in total. The van der Waals surface area contributed by atoms with E-state index >= 15 is 0 Å². The smallest absolute Gasteiger partial charge is 0.177 e. The fraction of sp³-hybridized carbons (Fsp3) is 0.312. The summed E-state index contributed by atoms with van der Waals surface area (Å²) >= 11 is 0. The molecule has 3 aromatic rings. The summed E-state index contributed by atoms with van der Waals surface area (Å²) < 4.78 is 7.01. The quantitative estimate of drug-likeness (QED) is 0.336. The van der Waals surface area contributed by atoms with Crippen LogP contribution in [-0.4, -0.2) is 71.0 Å². The van der Waals surface area contributed by atoms with Crippen LogP contribution in [0, 0.1) is 0 Å². The molecule has 27 heavy (non-hydrogen) atoms. The van der Waals surface area contributed by atoms with Gasteiger partial charge in [0.2, 0.25) is 0 Å². The number of pyridine rings is 1. The van der Waals surface area contributed by atoms with Gasteiger partial charge in [0, 0.05) is 12.4 Å². The second kappa shape index (κ2) is 7.32. The highest BCUT2D eigenvalue weighted by Gasteiger charge is 2.44. The maximum Gasteiger partial charge on any atom is 0.177 e. The molecule has 0 bridgehead atoms. The predicted molar refractivity (Wildman–Crippen MR) is 93.8 cm³/mol. The molecular weight excluding hydrogens is 354 g/mol. The first-order valence-electron chi connectivity index (χ1n) is 8.18. The van der Waals surface area contributed by atoms with E-state index < -0.39 is 31.1 Å². The molecule has 11 nitrogen and oxygen atoms in total. The average Bonchev–Trinajstić information content (AvgIpc) is 3.25. The van der Waals surface area contributed by atoms with Gasteiger partial charge in [-0.15, -0.1) is 0 Å². The minimum absolute atomic E-state index is 0.371. The summed E-state index contributed by atoms with van der Waals surface area (Å²) in [5, 5.41) is 33.5. The summed E-state index contributed by atoms with van der Waals surface area (Å²) in [4.78, 5) is 16.5. The number of rotatable bonds is 5. The van der Waals surface area contributed by atoms with E-state index in [1.54, 1.807) is 30.7 Å². The third-order valence-electron chi connectivity index (χ3n) is 4.24. The first kappa shape index (κ1) is 17.4. The number of nitrogens with zero attached hydrogens (tertiary/aromatic N) is 6. The largest absolute Gasteiger partial charge is 0.394 e. The standard InChI is InChI=1S/C16H17N7O4/c24-6-10-12(25)13(26)16(27-10)23-8-20-11-14(18-7-19-15(11)23)22-21-5-9-1-3-17-4-2-9/h1-5,7-8,10,12-13,16,24-26H,6H2,(H,18,19,22)/b21-5+/t10-,12-,13-,16-/m1/s1. The molecule has 0 aliphatic carbocycles. The second-order valence-electron chi connectivity index (χ2n) is 5.93. The lowest BCUT2D eigenvalue weighted by molar-refractivity contribution is -0.0511. The van der Waals surface area contributed by atoms with E-state index in [1.807, 2.05) is 0 Å². The predicted octanol–water partition coefficient (Wildman–Crippen LogP) is -0.721. The molecule has 0 spiro atoms. The number of imidazole rings is 1.